The van der Waals surface area contributed by atoms with Gasteiger partial charge in [0.05, 0.1) is 11.4 Å². The number of hydrogen-bond acceptors (Lipinski definition) is 5. The molecule has 0 aromatic heterocycles. The predicted molar refractivity (Wildman–Crippen MR) is 93.5 cm³/mol. The van der Waals surface area contributed by atoms with Gasteiger partial charge in [-0.3, -0.25) is 9.10 Å². The van der Waals surface area contributed by atoms with Gasteiger partial charge in [-0.25, -0.2) is 8.42 Å². The van der Waals surface area contributed by atoms with E-state index in [0.29, 0.717) is 22.7 Å². The Kier molecular flexibility index (Phi) is 4.80. The van der Waals surface area contributed by atoms with Crippen LogP contribution in [0.4, 0.5) is 5.69 Å². The zero-order valence-electron chi connectivity index (χ0n) is 13.6. The first kappa shape index (κ1) is 17.1. The first-order chi connectivity index (χ1) is 12.0. The van der Waals surface area contributed by atoms with Crippen molar-refractivity contribution in [3.05, 3.63) is 54.1 Å². The lowest BCUT2D eigenvalue weighted by molar-refractivity contribution is 0.0955. The number of amides is 1. The molecule has 1 N–H and O–H groups in total. The van der Waals surface area contributed by atoms with Crippen LogP contribution >= 0.6 is 0 Å². The second-order valence-corrected chi connectivity index (χ2v) is 7.56. The Hall–Kier alpha value is -2.74. The molecule has 1 amide bonds. The summed E-state index contributed by atoms with van der Waals surface area (Å²) in [6, 6.07) is 13.6. The van der Waals surface area contributed by atoms with Gasteiger partial charge in [0.15, 0.2) is 11.5 Å². The monoisotopic (exact) mass is 362 g/mol. The fourth-order valence-corrected chi connectivity index (χ4v) is 3.45. The van der Waals surface area contributed by atoms with Crippen LogP contribution in [0.15, 0.2) is 48.5 Å². The van der Waals surface area contributed by atoms with Crippen molar-refractivity contribution in [2.75, 3.05) is 30.4 Å². The van der Waals surface area contributed by atoms with Crippen LogP contribution in [-0.4, -0.2) is 40.5 Å². The summed E-state index contributed by atoms with van der Waals surface area (Å²) in [4.78, 5) is 12.2. The number of nitrogens with zero attached hydrogens (tertiary/aromatic N) is 1. The van der Waals surface area contributed by atoms with Crippen molar-refractivity contribution in [3.8, 4) is 11.5 Å². The first-order valence-electron chi connectivity index (χ1n) is 7.67. The zero-order valence-corrected chi connectivity index (χ0v) is 14.5. The number of fused-ring (bicyclic) bond motifs is 1. The number of benzene rings is 2. The normalized spacial score (nSPS) is 12.7. The van der Waals surface area contributed by atoms with Gasteiger partial charge in [-0.15, -0.1) is 0 Å². The fourth-order valence-electron chi connectivity index (χ4n) is 2.37. The third kappa shape index (κ3) is 3.85. The smallest absolute Gasteiger partial charge is 0.251 e. The van der Waals surface area contributed by atoms with Crippen molar-refractivity contribution in [1.82, 2.24) is 5.32 Å². The van der Waals surface area contributed by atoms with Gasteiger partial charge < -0.3 is 14.8 Å². The van der Waals surface area contributed by atoms with Crippen LogP contribution in [0.2, 0.25) is 0 Å². The molecule has 8 heteroatoms. The standard InChI is InChI=1S/C17H18N2O5S/c1-19(14-5-3-2-4-6-14)25(21,22)10-9-18-17(20)13-7-8-15-16(11-13)24-12-23-15/h2-8,11H,9-10,12H2,1H3,(H,18,20). The molecule has 0 atom stereocenters. The van der Waals surface area contributed by atoms with E-state index in [1.807, 2.05) is 6.07 Å². The molecule has 1 aliphatic heterocycles. The van der Waals surface area contributed by atoms with Gasteiger partial charge in [-0.2, -0.15) is 0 Å². The molecule has 1 heterocycles. The summed E-state index contributed by atoms with van der Waals surface area (Å²) in [7, 11) is -2.04. The Balaban J connectivity index is 1.57. The highest BCUT2D eigenvalue weighted by Gasteiger charge is 2.19. The highest BCUT2D eigenvalue weighted by Crippen LogP contribution is 2.32. The van der Waals surface area contributed by atoms with Crippen LogP contribution in [-0.2, 0) is 10.0 Å². The van der Waals surface area contributed by atoms with E-state index < -0.39 is 10.0 Å². The second-order valence-electron chi connectivity index (χ2n) is 5.44. The molecule has 0 saturated heterocycles. The number of rotatable bonds is 6. The molecular weight excluding hydrogens is 344 g/mol. The lowest BCUT2D eigenvalue weighted by Crippen LogP contribution is -2.35. The largest absolute Gasteiger partial charge is 0.454 e. The van der Waals surface area contributed by atoms with E-state index in [9.17, 15) is 13.2 Å². The van der Waals surface area contributed by atoms with Crippen molar-refractivity contribution in [2.24, 2.45) is 0 Å². The first-order valence-corrected chi connectivity index (χ1v) is 9.28. The van der Waals surface area contributed by atoms with Gasteiger partial charge in [0.1, 0.15) is 0 Å². The molecule has 0 saturated carbocycles. The minimum absolute atomic E-state index is 0.00673. The fraction of sp³-hybridized carbons (Fsp3) is 0.235. The molecule has 132 valence electrons. The number of nitrogens with one attached hydrogen (secondary N) is 1. The summed E-state index contributed by atoms with van der Waals surface area (Å²) in [5.41, 5.74) is 0.961. The second kappa shape index (κ2) is 7.02. The van der Waals surface area contributed by atoms with E-state index in [2.05, 4.69) is 5.32 Å². The predicted octanol–water partition coefficient (Wildman–Crippen LogP) is 1.61. The summed E-state index contributed by atoms with van der Waals surface area (Å²) < 4.78 is 36.3. The van der Waals surface area contributed by atoms with Crippen molar-refractivity contribution in [2.45, 2.75) is 0 Å². The Morgan fingerprint density at radius 3 is 2.60 bits per heavy atom. The van der Waals surface area contributed by atoms with E-state index in [-0.39, 0.29) is 25.0 Å². The summed E-state index contributed by atoms with van der Waals surface area (Å²) in [5, 5.41) is 2.61. The van der Waals surface area contributed by atoms with Gasteiger partial charge in [-0.05, 0) is 30.3 Å². The van der Waals surface area contributed by atoms with Gasteiger partial charge in [-0.1, -0.05) is 18.2 Å². The number of anilines is 1. The highest BCUT2D eigenvalue weighted by molar-refractivity contribution is 7.92. The average Bonchev–Trinajstić information content (AvgIpc) is 3.09. The third-order valence-electron chi connectivity index (χ3n) is 3.82. The minimum atomic E-state index is -3.53. The van der Waals surface area contributed by atoms with E-state index in [1.165, 1.54) is 11.4 Å². The maximum atomic E-state index is 12.3. The summed E-state index contributed by atoms with van der Waals surface area (Å²) in [6.45, 7) is 0.136. The summed E-state index contributed by atoms with van der Waals surface area (Å²) in [5.74, 6) is 0.526. The number of sulfonamides is 1. The van der Waals surface area contributed by atoms with E-state index in [0.717, 1.165) is 0 Å². The summed E-state index contributed by atoms with van der Waals surface area (Å²) >= 11 is 0. The lowest BCUT2D eigenvalue weighted by atomic mass is 10.2. The number of carbonyl (C=O) groups is 1. The highest BCUT2D eigenvalue weighted by atomic mass is 32.2. The summed E-state index contributed by atoms with van der Waals surface area (Å²) in [6.07, 6.45) is 0. The van der Waals surface area contributed by atoms with Gasteiger partial charge in [0.25, 0.3) is 5.91 Å². The molecule has 7 nitrogen and oxygen atoms in total. The van der Waals surface area contributed by atoms with Gasteiger partial charge >= 0.3 is 0 Å². The van der Waals surface area contributed by atoms with Crippen LogP contribution < -0.4 is 19.1 Å². The SMILES string of the molecule is CN(c1ccccc1)S(=O)(=O)CCNC(=O)c1ccc2c(c1)OCO2. The van der Waals surface area contributed by atoms with Crippen LogP contribution in [0.3, 0.4) is 0 Å². The van der Waals surface area contributed by atoms with Gasteiger partial charge in [0, 0.05) is 19.2 Å². The molecule has 0 bridgehead atoms. The molecule has 0 fully saturated rings. The van der Waals surface area contributed by atoms with Crippen molar-refractivity contribution >= 4 is 21.6 Å². The number of para-hydroxylation sites is 1. The zero-order chi connectivity index (χ0) is 17.9. The Bertz CT molecular complexity index is 868. The molecule has 25 heavy (non-hydrogen) atoms. The van der Waals surface area contributed by atoms with E-state index >= 15 is 0 Å². The van der Waals surface area contributed by atoms with Crippen molar-refractivity contribution in [1.29, 1.82) is 0 Å². The van der Waals surface area contributed by atoms with Crippen molar-refractivity contribution in [3.63, 3.8) is 0 Å². The number of ether oxygens (including phenoxy) is 2. The molecule has 0 aliphatic carbocycles. The van der Waals surface area contributed by atoms with Gasteiger partial charge in [0.2, 0.25) is 16.8 Å². The molecule has 2 aromatic rings. The van der Waals surface area contributed by atoms with E-state index in [4.69, 9.17) is 9.47 Å². The Morgan fingerprint density at radius 2 is 1.84 bits per heavy atom. The van der Waals surface area contributed by atoms with Crippen LogP contribution in [0, 0.1) is 0 Å². The van der Waals surface area contributed by atoms with E-state index in [1.54, 1.807) is 42.5 Å². The third-order valence-corrected chi connectivity index (χ3v) is 5.58. The topological polar surface area (TPSA) is 84.9 Å². The molecular formula is C17H18N2O5S. The van der Waals surface area contributed by atoms with Crippen molar-refractivity contribution < 1.29 is 22.7 Å². The molecule has 2 aromatic carbocycles. The minimum Gasteiger partial charge on any atom is -0.454 e. The number of hydrogen-bond donors (Lipinski definition) is 1. The maximum absolute atomic E-state index is 12.3. The molecule has 1 aliphatic rings. The van der Waals surface area contributed by atoms with Crippen LogP contribution in [0.25, 0.3) is 0 Å². The number of carbonyl (C=O) groups excluding carboxylic acids is 1. The lowest BCUT2D eigenvalue weighted by Gasteiger charge is -2.19. The van der Waals surface area contributed by atoms with Crippen LogP contribution in [0.1, 0.15) is 10.4 Å². The molecule has 0 unspecified atom stereocenters. The molecule has 3 rings (SSSR count). The Labute approximate surface area is 146 Å². The average molecular weight is 362 g/mol. The molecule has 0 radical (unpaired) electrons. The van der Waals surface area contributed by atoms with Crippen LogP contribution in [0.5, 0.6) is 11.5 Å². The Morgan fingerprint density at radius 1 is 1.12 bits per heavy atom. The maximum Gasteiger partial charge on any atom is 0.251 e. The molecule has 0 spiro atoms. The quantitative estimate of drug-likeness (QED) is 0.844.